The zero-order valence-corrected chi connectivity index (χ0v) is 13.4. The summed E-state index contributed by atoms with van der Waals surface area (Å²) in [5.41, 5.74) is 7.45. The molecule has 0 bridgehead atoms. The van der Waals surface area contributed by atoms with Crippen molar-refractivity contribution in [2.75, 3.05) is 7.05 Å². The van der Waals surface area contributed by atoms with Crippen molar-refractivity contribution in [3.63, 3.8) is 0 Å². The Morgan fingerprint density at radius 1 is 1.22 bits per heavy atom. The SMILES string of the molecule is CC(=O)c1cc(C(C(=O)N(C)C(=N)N)c2ccccc2)cn1C. The molecule has 1 atom stereocenters. The van der Waals surface area contributed by atoms with Crippen LogP contribution in [-0.2, 0) is 11.8 Å². The van der Waals surface area contributed by atoms with Gasteiger partial charge in [-0.05, 0) is 17.2 Å². The molecule has 0 saturated heterocycles. The van der Waals surface area contributed by atoms with Gasteiger partial charge in [0.1, 0.15) is 0 Å². The molecule has 6 heteroatoms. The van der Waals surface area contributed by atoms with Gasteiger partial charge in [-0.25, -0.2) is 0 Å². The molecule has 0 aliphatic rings. The molecule has 3 N–H and O–H groups in total. The van der Waals surface area contributed by atoms with E-state index in [0.717, 1.165) is 10.5 Å². The average molecular weight is 312 g/mol. The number of ketones is 1. The van der Waals surface area contributed by atoms with Gasteiger partial charge in [0.2, 0.25) is 5.91 Å². The number of guanidine groups is 1. The van der Waals surface area contributed by atoms with Crippen LogP contribution in [0.2, 0.25) is 0 Å². The predicted molar refractivity (Wildman–Crippen MR) is 88.4 cm³/mol. The first-order valence-electron chi connectivity index (χ1n) is 7.16. The van der Waals surface area contributed by atoms with Crippen LogP contribution in [0.4, 0.5) is 0 Å². The normalized spacial score (nSPS) is 11.8. The Morgan fingerprint density at radius 3 is 2.30 bits per heavy atom. The molecule has 23 heavy (non-hydrogen) atoms. The minimum atomic E-state index is -0.621. The summed E-state index contributed by atoms with van der Waals surface area (Å²) < 4.78 is 1.70. The zero-order valence-electron chi connectivity index (χ0n) is 13.4. The van der Waals surface area contributed by atoms with Crippen molar-refractivity contribution in [1.29, 1.82) is 5.41 Å². The summed E-state index contributed by atoms with van der Waals surface area (Å²) in [5, 5.41) is 7.49. The van der Waals surface area contributed by atoms with E-state index in [1.165, 1.54) is 14.0 Å². The maximum absolute atomic E-state index is 12.8. The minimum absolute atomic E-state index is 0.0714. The summed E-state index contributed by atoms with van der Waals surface area (Å²) in [4.78, 5) is 25.6. The highest BCUT2D eigenvalue weighted by atomic mass is 16.2. The lowest BCUT2D eigenvalue weighted by Crippen LogP contribution is -2.41. The highest BCUT2D eigenvalue weighted by Gasteiger charge is 2.28. The smallest absolute Gasteiger partial charge is 0.241 e. The van der Waals surface area contributed by atoms with Gasteiger partial charge in [-0.1, -0.05) is 30.3 Å². The summed E-state index contributed by atoms with van der Waals surface area (Å²) >= 11 is 0. The summed E-state index contributed by atoms with van der Waals surface area (Å²) in [5.74, 6) is -1.33. The van der Waals surface area contributed by atoms with Gasteiger partial charge in [0.15, 0.2) is 11.7 Å². The third-order valence-electron chi connectivity index (χ3n) is 3.79. The molecule has 0 fully saturated rings. The van der Waals surface area contributed by atoms with E-state index < -0.39 is 5.92 Å². The van der Waals surface area contributed by atoms with Crippen LogP contribution in [0.15, 0.2) is 42.6 Å². The molecule has 1 aromatic carbocycles. The van der Waals surface area contributed by atoms with Crippen LogP contribution < -0.4 is 5.73 Å². The first-order valence-corrected chi connectivity index (χ1v) is 7.16. The molecule has 2 rings (SSSR count). The van der Waals surface area contributed by atoms with Gasteiger partial charge in [0.25, 0.3) is 0 Å². The molecule has 0 aliphatic heterocycles. The average Bonchev–Trinajstić information content (AvgIpc) is 2.89. The predicted octanol–water partition coefficient (Wildman–Crippen LogP) is 1.71. The number of aryl methyl sites for hydroxylation is 1. The van der Waals surface area contributed by atoms with Crippen molar-refractivity contribution in [3.8, 4) is 0 Å². The van der Waals surface area contributed by atoms with E-state index in [9.17, 15) is 9.59 Å². The molecule has 6 nitrogen and oxygen atoms in total. The number of nitrogens with one attached hydrogen (secondary N) is 1. The first kappa shape index (κ1) is 16.5. The lowest BCUT2D eigenvalue weighted by Gasteiger charge is -2.22. The summed E-state index contributed by atoms with van der Waals surface area (Å²) in [6.07, 6.45) is 1.76. The van der Waals surface area contributed by atoms with Crippen LogP contribution in [0.5, 0.6) is 0 Å². The largest absolute Gasteiger partial charge is 0.370 e. The van der Waals surface area contributed by atoms with Gasteiger partial charge < -0.3 is 10.3 Å². The van der Waals surface area contributed by atoms with Gasteiger partial charge in [0.05, 0.1) is 11.6 Å². The molecular weight excluding hydrogens is 292 g/mol. The Bertz CT molecular complexity index is 749. The first-order chi connectivity index (χ1) is 10.8. The van der Waals surface area contributed by atoms with E-state index in [1.807, 2.05) is 30.3 Å². The highest BCUT2D eigenvalue weighted by molar-refractivity contribution is 6.00. The second-order valence-electron chi connectivity index (χ2n) is 5.45. The summed E-state index contributed by atoms with van der Waals surface area (Å²) in [6.45, 7) is 1.49. The second-order valence-corrected chi connectivity index (χ2v) is 5.45. The van der Waals surface area contributed by atoms with Crippen LogP contribution in [0.25, 0.3) is 0 Å². The Labute approximate surface area is 135 Å². The Hall–Kier alpha value is -2.89. The molecule has 0 saturated carbocycles. The number of Topliss-reactive ketones (excluding diaryl/α,β-unsaturated/α-hetero) is 1. The number of nitrogens with zero attached hydrogens (tertiary/aromatic N) is 2. The maximum atomic E-state index is 12.8. The van der Waals surface area contributed by atoms with E-state index in [0.29, 0.717) is 11.3 Å². The van der Waals surface area contributed by atoms with E-state index in [2.05, 4.69) is 0 Å². The summed E-state index contributed by atoms with van der Waals surface area (Å²) in [6, 6.07) is 11.0. The number of rotatable bonds is 4. The molecule has 1 amide bonds. The number of amides is 1. The number of carbonyl (C=O) groups excluding carboxylic acids is 2. The molecular formula is C17H20N4O2. The third-order valence-corrected chi connectivity index (χ3v) is 3.79. The van der Waals surface area contributed by atoms with Crippen LogP contribution in [0.3, 0.4) is 0 Å². The molecule has 0 aliphatic carbocycles. The fraction of sp³-hybridized carbons (Fsp3) is 0.235. The monoisotopic (exact) mass is 312 g/mol. The van der Waals surface area contributed by atoms with Crippen LogP contribution >= 0.6 is 0 Å². The Balaban J connectivity index is 2.54. The van der Waals surface area contributed by atoms with E-state index in [-0.39, 0.29) is 17.6 Å². The number of aromatic nitrogens is 1. The Morgan fingerprint density at radius 2 is 1.83 bits per heavy atom. The quantitative estimate of drug-likeness (QED) is 0.511. The van der Waals surface area contributed by atoms with Crippen molar-refractivity contribution in [2.45, 2.75) is 12.8 Å². The molecule has 1 unspecified atom stereocenters. The molecule has 2 aromatic rings. The van der Waals surface area contributed by atoms with E-state index in [1.54, 1.807) is 23.9 Å². The molecule has 120 valence electrons. The molecule has 0 radical (unpaired) electrons. The number of nitrogens with two attached hydrogens (primary N) is 1. The summed E-state index contributed by atoms with van der Waals surface area (Å²) in [7, 11) is 3.23. The number of benzene rings is 1. The van der Waals surface area contributed by atoms with Gasteiger partial charge in [-0.3, -0.25) is 19.9 Å². The zero-order chi connectivity index (χ0) is 17.1. The van der Waals surface area contributed by atoms with Crippen molar-refractivity contribution < 1.29 is 9.59 Å². The minimum Gasteiger partial charge on any atom is -0.370 e. The third kappa shape index (κ3) is 3.31. The van der Waals surface area contributed by atoms with Crippen molar-refractivity contribution >= 4 is 17.6 Å². The van der Waals surface area contributed by atoms with Gasteiger partial charge in [-0.15, -0.1) is 0 Å². The highest BCUT2D eigenvalue weighted by Crippen LogP contribution is 2.28. The van der Waals surface area contributed by atoms with E-state index >= 15 is 0 Å². The maximum Gasteiger partial charge on any atom is 0.241 e. The van der Waals surface area contributed by atoms with Crippen LogP contribution in [0.1, 0.15) is 34.5 Å². The molecule has 1 heterocycles. The fourth-order valence-electron chi connectivity index (χ4n) is 2.53. The number of likely N-dealkylation sites (N-methyl/N-ethyl adjacent to an activating group) is 1. The second kappa shape index (κ2) is 6.48. The lowest BCUT2D eigenvalue weighted by atomic mass is 9.91. The topological polar surface area (TPSA) is 92.2 Å². The Kier molecular flexibility index (Phi) is 4.64. The van der Waals surface area contributed by atoms with Gasteiger partial charge in [-0.2, -0.15) is 0 Å². The number of hydrogen-bond donors (Lipinski definition) is 2. The number of hydrogen-bond acceptors (Lipinski definition) is 3. The van der Waals surface area contributed by atoms with Gasteiger partial charge in [0, 0.05) is 27.2 Å². The van der Waals surface area contributed by atoms with Crippen molar-refractivity contribution in [3.05, 3.63) is 59.4 Å². The lowest BCUT2D eigenvalue weighted by molar-refractivity contribution is -0.127. The standard InChI is InChI=1S/C17H20N4O2/c1-11(22)14-9-13(10-20(14)2)15(12-7-5-4-6-8-12)16(23)21(3)17(18)19/h4-10,15H,1-3H3,(H3,18,19). The molecule has 0 spiro atoms. The fourth-order valence-corrected chi connectivity index (χ4v) is 2.53. The van der Waals surface area contributed by atoms with Crippen LogP contribution in [0, 0.1) is 5.41 Å². The molecule has 1 aromatic heterocycles. The van der Waals surface area contributed by atoms with Crippen molar-refractivity contribution in [2.24, 2.45) is 12.8 Å². The van der Waals surface area contributed by atoms with Crippen LogP contribution in [-0.4, -0.2) is 34.2 Å². The van der Waals surface area contributed by atoms with Crippen molar-refractivity contribution in [1.82, 2.24) is 9.47 Å². The van der Waals surface area contributed by atoms with Gasteiger partial charge >= 0.3 is 0 Å². The van der Waals surface area contributed by atoms with E-state index in [4.69, 9.17) is 11.1 Å². The number of carbonyl (C=O) groups is 2.